The molecule has 0 radical (unpaired) electrons. The summed E-state index contributed by atoms with van der Waals surface area (Å²) in [5.41, 5.74) is 13.3. The maximum Gasteiger partial charge on any atom is 0.0406 e. The van der Waals surface area contributed by atoms with Gasteiger partial charge in [-0.2, -0.15) is 0 Å². The van der Waals surface area contributed by atoms with Crippen LogP contribution in [0.15, 0.2) is 30.3 Å². The molecule has 0 atom stereocenters. The Balaban J connectivity index is 2.66. The highest BCUT2D eigenvalue weighted by Gasteiger charge is 2.08. The van der Waals surface area contributed by atoms with Crippen LogP contribution in [0, 0.1) is 26.2 Å². The first-order valence-corrected chi connectivity index (χ1v) is 6.01. The Kier molecular flexibility index (Phi) is 3.19. The maximum absolute atomic E-state index is 7.40. The second-order valence-electron chi connectivity index (χ2n) is 4.76. The third kappa shape index (κ3) is 2.14. The summed E-state index contributed by atoms with van der Waals surface area (Å²) in [7, 11) is 0. The van der Waals surface area contributed by atoms with E-state index < -0.39 is 0 Å². The van der Waals surface area contributed by atoms with E-state index in [9.17, 15) is 0 Å². The Hall–Kier alpha value is -2.09. The average molecular weight is 238 g/mol. The Morgan fingerprint density at radius 3 is 2.22 bits per heavy atom. The topological polar surface area (TPSA) is 49.9 Å². The molecule has 0 aliphatic carbocycles. The summed E-state index contributed by atoms with van der Waals surface area (Å²) in [6.07, 6.45) is 1.31. The molecule has 0 saturated carbocycles. The number of rotatable bonds is 2. The fourth-order valence-electron chi connectivity index (χ4n) is 2.28. The number of hydrogen-bond acceptors (Lipinski definition) is 2. The normalized spacial score (nSPS) is 10.4. The van der Waals surface area contributed by atoms with Crippen molar-refractivity contribution in [2.24, 2.45) is 0 Å². The minimum absolute atomic E-state index is 0.663. The summed E-state index contributed by atoms with van der Waals surface area (Å²) >= 11 is 0. The van der Waals surface area contributed by atoms with Gasteiger partial charge in [0.1, 0.15) is 0 Å². The largest absolute Gasteiger partial charge is 0.398 e. The zero-order valence-corrected chi connectivity index (χ0v) is 11.0. The quantitative estimate of drug-likeness (QED) is 0.605. The molecule has 0 spiro atoms. The zero-order valence-electron chi connectivity index (χ0n) is 11.0. The lowest BCUT2D eigenvalue weighted by Crippen LogP contribution is -1.97. The van der Waals surface area contributed by atoms with Crippen molar-refractivity contribution in [2.45, 2.75) is 20.8 Å². The highest BCUT2D eigenvalue weighted by molar-refractivity contribution is 5.89. The predicted octanol–water partition coefficient (Wildman–Crippen LogP) is 3.86. The number of nitrogens with two attached hydrogens (primary N) is 1. The van der Waals surface area contributed by atoms with Crippen molar-refractivity contribution in [3.05, 3.63) is 52.6 Å². The van der Waals surface area contributed by atoms with Crippen LogP contribution in [0.3, 0.4) is 0 Å². The summed E-state index contributed by atoms with van der Waals surface area (Å²) in [6, 6.07) is 10.4. The van der Waals surface area contributed by atoms with E-state index in [2.05, 4.69) is 39.0 Å². The Morgan fingerprint density at radius 2 is 1.61 bits per heavy atom. The first-order chi connectivity index (χ1) is 8.52. The van der Waals surface area contributed by atoms with Crippen LogP contribution in [0.5, 0.6) is 0 Å². The van der Waals surface area contributed by atoms with Crippen molar-refractivity contribution in [3.8, 4) is 11.1 Å². The zero-order chi connectivity index (χ0) is 13.3. The molecule has 2 heteroatoms. The van der Waals surface area contributed by atoms with Gasteiger partial charge in [0.25, 0.3) is 0 Å². The molecule has 0 unspecified atom stereocenters. The molecule has 18 heavy (non-hydrogen) atoms. The second-order valence-corrected chi connectivity index (χ2v) is 4.76. The van der Waals surface area contributed by atoms with Crippen LogP contribution in [0.4, 0.5) is 5.69 Å². The number of hydrogen-bond donors (Lipinski definition) is 2. The lowest BCUT2D eigenvalue weighted by Gasteiger charge is -2.12. The molecule has 0 amide bonds. The SMILES string of the molecule is Cc1ccc(-c2cc(C=N)c(N)cc2C)c(C)c1. The molecule has 2 nitrogen and oxygen atoms in total. The lowest BCUT2D eigenvalue weighted by atomic mass is 9.93. The Labute approximate surface area is 108 Å². The van der Waals surface area contributed by atoms with Crippen molar-refractivity contribution in [2.75, 3.05) is 5.73 Å². The molecule has 92 valence electrons. The molecular formula is C16H18N2. The standard InChI is InChI=1S/C16H18N2/c1-10-4-5-14(11(2)6-10)15-8-13(9-17)16(18)7-12(15)3/h4-9,17H,18H2,1-3H3. The van der Waals surface area contributed by atoms with Gasteiger partial charge >= 0.3 is 0 Å². The fourth-order valence-corrected chi connectivity index (χ4v) is 2.28. The van der Waals surface area contributed by atoms with Gasteiger partial charge in [-0.15, -0.1) is 0 Å². The molecule has 0 aliphatic heterocycles. The van der Waals surface area contributed by atoms with E-state index in [0.29, 0.717) is 5.69 Å². The number of aryl methyl sites for hydroxylation is 3. The van der Waals surface area contributed by atoms with Gasteiger partial charge in [0.15, 0.2) is 0 Å². The van der Waals surface area contributed by atoms with E-state index in [-0.39, 0.29) is 0 Å². The molecule has 0 aliphatic rings. The average Bonchev–Trinajstić information content (AvgIpc) is 2.30. The summed E-state index contributed by atoms with van der Waals surface area (Å²) < 4.78 is 0. The van der Waals surface area contributed by atoms with E-state index in [1.807, 2.05) is 12.1 Å². The van der Waals surface area contributed by atoms with Crippen LogP contribution < -0.4 is 5.73 Å². The minimum atomic E-state index is 0.663. The van der Waals surface area contributed by atoms with Crippen LogP contribution in [-0.2, 0) is 0 Å². The lowest BCUT2D eigenvalue weighted by molar-refractivity contribution is 1.36. The predicted molar refractivity (Wildman–Crippen MR) is 78.4 cm³/mol. The molecule has 2 aromatic carbocycles. The van der Waals surface area contributed by atoms with Gasteiger partial charge < -0.3 is 11.1 Å². The molecule has 0 fully saturated rings. The third-order valence-corrected chi connectivity index (χ3v) is 3.26. The van der Waals surface area contributed by atoms with Crippen LogP contribution in [0.1, 0.15) is 22.3 Å². The van der Waals surface area contributed by atoms with Crippen LogP contribution >= 0.6 is 0 Å². The third-order valence-electron chi connectivity index (χ3n) is 3.26. The van der Waals surface area contributed by atoms with Gasteiger partial charge in [0.2, 0.25) is 0 Å². The molecule has 0 bridgehead atoms. The molecule has 0 heterocycles. The van der Waals surface area contributed by atoms with Crippen molar-refractivity contribution in [3.63, 3.8) is 0 Å². The highest BCUT2D eigenvalue weighted by atomic mass is 14.6. The van der Waals surface area contributed by atoms with Gasteiger partial charge in [-0.05, 0) is 55.2 Å². The van der Waals surface area contributed by atoms with Crippen molar-refractivity contribution in [1.29, 1.82) is 5.41 Å². The molecule has 3 N–H and O–H groups in total. The van der Waals surface area contributed by atoms with Crippen LogP contribution in [0.25, 0.3) is 11.1 Å². The molecule has 2 aromatic rings. The van der Waals surface area contributed by atoms with Crippen molar-refractivity contribution in [1.82, 2.24) is 0 Å². The number of nitrogen functional groups attached to an aromatic ring is 1. The van der Waals surface area contributed by atoms with Crippen molar-refractivity contribution < 1.29 is 0 Å². The van der Waals surface area contributed by atoms with Gasteiger partial charge in [0.05, 0.1) is 0 Å². The first-order valence-electron chi connectivity index (χ1n) is 6.01. The highest BCUT2D eigenvalue weighted by Crippen LogP contribution is 2.30. The van der Waals surface area contributed by atoms with E-state index in [1.54, 1.807) is 0 Å². The van der Waals surface area contributed by atoms with E-state index in [1.165, 1.54) is 22.9 Å². The number of nitrogens with one attached hydrogen (secondary N) is 1. The van der Waals surface area contributed by atoms with E-state index in [4.69, 9.17) is 11.1 Å². The van der Waals surface area contributed by atoms with Gasteiger partial charge in [-0.25, -0.2) is 0 Å². The molecule has 2 rings (SSSR count). The summed E-state index contributed by atoms with van der Waals surface area (Å²) in [4.78, 5) is 0. The van der Waals surface area contributed by atoms with Gasteiger partial charge in [-0.3, -0.25) is 0 Å². The summed E-state index contributed by atoms with van der Waals surface area (Å²) in [5, 5.41) is 7.40. The van der Waals surface area contributed by atoms with Crippen LogP contribution in [-0.4, -0.2) is 6.21 Å². The minimum Gasteiger partial charge on any atom is -0.398 e. The summed E-state index contributed by atoms with van der Waals surface area (Å²) in [6.45, 7) is 6.26. The Morgan fingerprint density at radius 1 is 0.944 bits per heavy atom. The van der Waals surface area contributed by atoms with E-state index >= 15 is 0 Å². The summed E-state index contributed by atoms with van der Waals surface area (Å²) in [5.74, 6) is 0. The first kappa shape index (κ1) is 12.4. The maximum atomic E-state index is 7.40. The van der Waals surface area contributed by atoms with Crippen molar-refractivity contribution >= 4 is 11.9 Å². The fraction of sp³-hybridized carbons (Fsp3) is 0.188. The second kappa shape index (κ2) is 4.65. The van der Waals surface area contributed by atoms with E-state index in [0.717, 1.165) is 16.7 Å². The van der Waals surface area contributed by atoms with Crippen LogP contribution in [0.2, 0.25) is 0 Å². The van der Waals surface area contributed by atoms with Gasteiger partial charge in [-0.1, -0.05) is 23.8 Å². The van der Waals surface area contributed by atoms with Gasteiger partial charge in [0, 0.05) is 17.5 Å². The number of anilines is 1. The molecule has 0 saturated heterocycles. The smallest absolute Gasteiger partial charge is 0.0406 e. The number of benzene rings is 2. The molecule has 0 aromatic heterocycles. The monoisotopic (exact) mass is 238 g/mol. The Bertz CT molecular complexity index is 613. The molecular weight excluding hydrogens is 220 g/mol.